The molecule has 0 saturated heterocycles. The Morgan fingerprint density at radius 1 is 1.19 bits per heavy atom. The number of halogens is 3. The van der Waals surface area contributed by atoms with E-state index in [1.54, 1.807) is 24.5 Å². The van der Waals surface area contributed by atoms with Crippen LogP contribution >= 0.6 is 11.8 Å². The molecule has 0 bridgehead atoms. The van der Waals surface area contributed by atoms with Crippen LogP contribution in [0.25, 0.3) is 0 Å². The van der Waals surface area contributed by atoms with Gasteiger partial charge in [0.05, 0.1) is 11.3 Å². The van der Waals surface area contributed by atoms with E-state index in [4.69, 9.17) is 0 Å². The lowest BCUT2D eigenvalue weighted by molar-refractivity contribution is -0.139. The molecule has 0 unspecified atom stereocenters. The number of nitrogens with zero attached hydrogens (tertiary/aromatic N) is 2. The van der Waals surface area contributed by atoms with Crippen molar-refractivity contribution in [2.24, 2.45) is 0 Å². The molecule has 0 atom stereocenters. The summed E-state index contributed by atoms with van der Waals surface area (Å²) in [5.41, 5.74) is -0.0401. The van der Waals surface area contributed by atoms with Crippen molar-refractivity contribution in [1.82, 2.24) is 0 Å². The van der Waals surface area contributed by atoms with Gasteiger partial charge < -0.3 is 5.11 Å². The highest BCUT2D eigenvalue weighted by Gasteiger charge is 2.38. The normalized spacial score (nSPS) is 13.4. The van der Waals surface area contributed by atoms with E-state index in [9.17, 15) is 27.9 Å². The first-order valence-corrected chi connectivity index (χ1v) is 9.14. The van der Waals surface area contributed by atoms with E-state index in [0.717, 1.165) is 22.7 Å². The summed E-state index contributed by atoms with van der Waals surface area (Å²) in [6.07, 6.45) is -4.17. The lowest BCUT2D eigenvalue weighted by atomic mass is 10.1. The van der Waals surface area contributed by atoms with Crippen molar-refractivity contribution in [3.63, 3.8) is 0 Å². The standard InChI is InChI=1S/C18H15F3N2O3S/c1-27-15-9-11-7-8-22(14(11)10-13(15)18(19,20)21)16(24)23(17(25)26)12-5-3-2-4-6-12/h2-6,9-10H,7-8H2,1H3,(H,25,26). The predicted octanol–water partition coefficient (Wildman–Crippen LogP) is 5.09. The smallest absolute Gasteiger partial charge is 0.420 e. The van der Waals surface area contributed by atoms with Crippen LogP contribution in [0.2, 0.25) is 0 Å². The van der Waals surface area contributed by atoms with E-state index < -0.39 is 23.9 Å². The number of imide groups is 1. The van der Waals surface area contributed by atoms with Gasteiger partial charge in [-0.1, -0.05) is 18.2 Å². The van der Waals surface area contributed by atoms with Crippen molar-refractivity contribution in [3.05, 3.63) is 53.6 Å². The third kappa shape index (κ3) is 3.59. The number of para-hydroxylation sites is 1. The third-order valence-corrected chi connectivity index (χ3v) is 5.01. The first-order chi connectivity index (χ1) is 12.7. The quantitative estimate of drug-likeness (QED) is 0.718. The topological polar surface area (TPSA) is 60.9 Å². The molecular weight excluding hydrogens is 381 g/mol. The van der Waals surface area contributed by atoms with Gasteiger partial charge in [0.2, 0.25) is 0 Å². The van der Waals surface area contributed by atoms with Gasteiger partial charge in [-0.05, 0) is 42.5 Å². The Bertz CT molecular complexity index is 887. The molecule has 0 radical (unpaired) electrons. The molecule has 27 heavy (non-hydrogen) atoms. The highest BCUT2D eigenvalue weighted by molar-refractivity contribution is 7.98. The fourth-order valence-corrected chi connectivity index (χ4v) is 3.66. The van der Waals surface area contributed by atoms with Gasteiger partial charge in [0.25, 0.3) is 0 Å². The molecule has 2 aromatic carbocycles. The summed E-state index contributed by atoms with van der Waals surface area (Å²) in [5.74, 6) is 0. The van der Waals surface area contributed by atoms with Crippen LogP contribution in [0.4, 0.5) is 34.1 Å². The molecule has 2 aromatic rings. The number of hydrogen-bond acceptors (Lipinski definition) is 3. The molecule has 3 amide bonds. The molecule has 0 fully saturated rings. The number of rotatable bonds is 2. The monoisotopic (exact) mass is 396 g/mol. The molecule has 1 aliphatic heterocycles. The van der Waals surface area contributed by atoms with Crippen molar-refractivity contribution in [3.8, 4) is 0 Å². The number of amides is 3. The maximum absolute atomic E-state index is 13.4. The van der Waals surface area contributed by atoms with Gasteiger partial charge in [-0.25, -0.2) is 9.59 Å². The summed E-state index contributed by atoms with van der Waals surface area (Å²) < 4.78 is 40.1. The van der Waals surface area contributed by atoms with Gasteiger partial charge in [0.1, 0.15) is 0 Å². The van der Waals surface area contributed by atoms with Crippen LogP contribution in [0.3, 0.4) is 0 Å². The van der Waals surface area contributed by atoms with Crippen molar-refractivity contribution in [2.75, 3.05) is 22.6 Å². The molecule has 0 aromatic heterocycles. The number of urea groups is 1. The minimum atomic E-state index is -4.57. The van der Waals surface area contributed by atoms with E-state index in [0.29, 0.717) is 16.9 Å². The summed E-state index contributed by atoms with van der Waals surface area (Å²) in [4.78, 5) is 26.2. The Labute approximate surface area is 157 Å². The molecule has 5 nitrogen and oxygen atoms in total. The summed E-state index contributed by atoms with van der Waals surface area (Å²) >= 11 is 0.978. The maximum Gasteiger partial charge on any atom is 0.420 e. The summed E-state index contributed by atoms with van der Waals surface area (Å²) in [6.45, 7) is 0.111. The number of alkyl halides is 3. The van der Waals surface area contributed by atoms with Crippen LogP contribution in [0, 0.1) is 0 Å². The van der Waals surface area contributed by atoms with Crippen molar-refractivity contribution >= 4 is 35.3 Å². The summed E-state index contributed by atoms with van der Waals surface area (Å²) in [7, 11) is 0. The summed E-state index contributed by atoms with van der Waals surface area (Å²) in [5, 5.41) is 9.47. The van der Waals surface area contributed by atoms with Crippen LogP contribution in [0.5, 0.6) is 0 Å². The first-order valence-electron chi connectivity index (χ1n) is 7.91. The Morgan fingerprint density at radius 3 is 2.41 bits per heavy atom. The Morgan fingerprint density at radius 2 is 1.85 bits per heavy atom. The number of fused-ring (bicyclic) bond motifs is 1. The maximum atomic E-state index is 13.4. The molecule has 0 spiro atoms. The van der Waals surface area contributed by atoms with Crippen LogP contribution < -0.4 is 9.80 Å². The SMILES string of the molecule is CSc1cc2c(cc1C(F)(F)F)N(C(=O)N(C(=O)O)c1ccccc1)CC2. The van der Waals surface area contributed by atoms with Gasteiger partial charge >= 0.3 is 18.3 Å². The second kappa shape index (κ2) is 7.15. The second-order valence-corrected chi connectivity index (χ2v) is 6.66. The fourth-order valence-electron chi connectivity index (χ4n) is 3.00. The molecule has 3 rings (SSSR count). The van der Waals surface area contributed by atoms with E-state index in [1.165, 1.54) is 18.2 Å². The Balaban J connectivity index is 2.03. The molecular formula is C18H15F3N2O3S. The number of thioether (sulfide) groups is 1. The van der Waals surface area contributed by atoms with Crippen molar-refractivity contribution in [1.29, 1.82) is 0 Å². The van der Waals surface area contributed by atoms with Crippen LogP contribution in [-0.4, -0.2) is 30.0 Å². The van der Waals surface area contributed by atoms with Crippen LogP contribution in [0.15, 0.2) is 47.4 Å². The van der Waals surface area contributed by atoms with Gasteiger partial charge in [-0.2, -0.15) is 18.1 Å². The number of benzene rings is 2. The number of anilines is 2. The molecule has 1 N–H and O–H groups in total. The Hall–Kier alpha value is -2.68. The van der Waals surface area contributed by atoms with Crippen molar-refractivity contribution < 1.29 is 27.9 Å². The van der Waals surface area contributed by atoms with E-state index in [1.807, 2.05) is 0 Å². The minimum absolute atomic E-state index is 0.0775. The minimum Gasteiger partial charge on any atom is -0.464 e. The molecule has 0 saturated carbocycles. The largest absolute Gasteiger partial charge is 0.464 e. The Kier molecular flexibility index (Phi) is 5.05. The second-order valence-electron chi connectivity index (χ2n) is 5.82. The molecule has 0 aliphatic carbocycles. The zero-order chi connectivity index (χ0) is 19.8. The zero-order valence-corrected chi connectivity index (χ0v) is 15.0. The molecule has 142 valence electrons. The van der Waals surface area contributed by atoms with Gasteiger partial charge in [0.15, 0.2) is 0 Å². The molecule has 1 heterocycles. The van der Waals surface area contributed by atoms with E-state index >= 15 is 0 Å². The number of carboxylic acid groups (broad SMARTS) is 1. The fraction of sp³-hybridized carbons (Fsp3) is 0.222. The zero-order valence-electron chi connectivity index (χ0n) is 14.2. The third-order valence-electron chi connectivity index (χ3n) is 4.23. The predicted molar refractivity (Wildman–Crippen MR) is 96.6 cm³/mol. The number of carbonyl (C=O) groups is 2. The van der Waals surface area contributed by atoms with E-state index in [-0.39, 0.29) is 22.8 Å². The van der Waals surface area contributed by atoms with Gasteiger partial charge in [-0.15, -0.1) is 11.8 Å². The van der Waals surface area contributed by atoms with Crippen molar-refractivity contribution in [2.45, 2.75) is 17.5 Å². The highest BCUT2D eigenvalue weighted by atomic mass is 32.2. The number of carbonyl (C=O) groups excluding carboxylic acids is 1. The van der Waals surface area contributed by atoms with Crippen LogP contribution in [0.1, 0.15) is 11.1 Å². The lowest BCUT2D eigenvalue weighted by Crippen LogP contribution is -2.45. The van der Waals surface area contributed by atoms with Gasteiger partial charge in [-0.3, -0.25) is 4.90 Å². The summed E-state index contributed by atoms with van der Waals surface area (Å²) in [6, 6.07) is 9.14. The van der Waals surface area contributed by atoms with Crippen LogP contribution in [-0.2, 0) is 12.6 Å². The van der Waals surface area contributed by atoms with E-state index in [2.05, 4.69) is 0 Å². The molecule has 9 heteroatoms. The van der Waals surface area contributed by atoms with Gasteiger partial charge in [0, 0.05) is 17.1 Å². The molecule has 1 aliphatic rings. The average Bonchev–Trinajstić information content (AvgIpc) is 3.03. The lowest BCUT2D eigenvalue weighted by Gasteiger charge is -2.25. The highest BCUT2D eigenvalue weighted by Crippen LogP contribution is 2.42. The number of hydrogen-bond donors (Lipinski definition) is 1. The first kappa shape index (κ1) is 19.1. The average molecular weight is 396 g/mol.